The highest BCUT2D eigenvalue weighted by atomic mass is 16.2. The van der Waals surface area contributed by atoms with Gasteiger partial charge in [-0.1, -0.05) is 50.1 Å². The molecule has 0 radical (unpaired) electrons. The molecule has 0 unspecified atom stereocenters. The number of aliphatic hydroxyl groups excluding tert-OH is 1. The molecule has 0 saturated carbocycles. The van der Waals surface area contributed by atoms with Crippen LogP contribution in [-0.4, -0.2) is 11.7 Å². The first-order valence-corrected chi connectivity index (χ1v) is 6.04. The van der Waals surface area contributed by atoms with Gasteiger partial charge >= 0.3 is 0 Å². The Morgan fingerprint density at radius 2 is 1.80 bits per heavy atom. The fourth-order valence-electron chi connectivity index (χ4n) is 2.05. The smallest absolute Gasteiger partial charge is 0.0431 e. The second kappa shape index (κ2) is 7.47. The van der Waals surface area contributed by atoms with Gasteiger partial charge in [0.15, 0.2) is 0 Å². The zero-order valence-corrected chi connectivity index (χ0v) is 9.65. The van der Waals surface area contributed by atoms with Gasteiger partial charge in [0, 0.05) is 6.61 Å². The standard InChI is InChI=1S/C14H22O/c1-2-8-13(11-6-7-12-15)14-9-4-3-5-10-14/h3-5,9-10,13,15H,2,6-8,11-12H2,1H3/t13-/m0/s1. The van der Waals surface area contributed by atoms with Crippen molar-refractivity contribution in [2.45, 2.75) is 44.9 Å². The Balaban J connectivity index is 2.50. The van der Waals surface area contributed by atoms with Gasteiger partial charge in [0.05, 0.1) is 0 Å². The van der Waals surface area contributed by atoms with Gasteiger partial charge in [-0.3, -0.25) is 0 Å². The van der Waals surface area contributed by atoms with E-state index in [2.05, 4.69) is 37.3 Å². The van der Waals surface area contributed by atoms with Crippen molar-refractivity contribution in [3.8, 4) is 0 Å². The van der Waals surface area contributed by atoms with Crippen molar-refractivity contribution in [2.24, 2.45) is 0 Å². The lowest BCUT2D eigenvalue weighted by Crippen LogP contribution is -1.99. The Bertz CT molecular complexity index is 243. The minimum atomic E-state index is 0.327. The summed E-state index contributed by atoms with van der Waals surface area (Å²) in [6.07, 6.45) is 5.77. The Kier molecular flexibility index (Phi) is 6.10. The van der Waals surface area contributed by atoms with E-state index in [1.54, 1.807) is 0 Å². The topological polar surface area (TPSA) is 20.2 Å². The average Bonchev–Trinajstić information content (AvgIpc) is 2.29. The highest BCUT2D eigenvalue weighted by Crippen LogP contribution is 2.26. The molecule has 1 N–H and O–H groups in total. The molecule has 15 heavy (non-hydrogen) atoms. The van der Waals surface area contributed by atoms with E-state index in [9.17, 15) is 0 Å². The molecule has 1 aromatic carbocycles. The number of hydrogen-bond donors (Lipinski definition) is 1. The van der Waals surface area contributed by atoms with Crippen LogP contribution in [0.5, 0.6) is 0 Å². The van der Waals surface area contributed by atoms with Gasteiger partial charge in [-0.25, -0.2) is 0 Å². The lowest BCUT2D eigenvalue weighted by molar-refractivity contribution is 0.280. The molecule has 1 rings (SSSR count). The van der Waals surface area contributed by atoms with E-state index in [4.69, 9.17) is 5.11 Å². The van der Waals surface area contributed by atoms with E-state index in [1.807, 2.05) is 0 Å². The summed E-state index contributed by atoms with van der Waals surface area (Å²) in [6, 6.07) is 10.7. The van der Waals surface area contributed by atoms with Crippen molar-refractivity contribution in [1.29, 1.82) is 0 Å². The second-order valence-electron chi connectivity index (χ2n) is 4.12. The molecule has 1 atom stereocenters. The molecule has 0 spiro atoms. The molecule has 0 aliphatic rings. The normalized spacial score (nSPS) is 12.7. The van der Waals surface area contributed by atoms with Crippen LogP contribution in [0.15, 0.2) is 30.3 Å². The van der Waals surface area contributed by atoms with Crippen LogP contribution in [0, 0.1) is 0 Å². The quantitative estimate of drug-likeness (QED) is 0.674. The first-order chi connectivity index (χ1) is 7.38. The number of unbranched alkanes of at least 4 members (excludes halogenated alkanes) is 1. The summed E-state index contributed by atoms with van der Waals surface area (Å²) < 4.78 is 0. The Hall–Kier alpha value is -0.820. The summed E-state index contributed by atoms with van der Waals surface area (Å²) in [5.41, 5.74) is 1.46. The lowest BCUT2D eigenvalue weighted by Gasteiger charge is -2.16. The molecular formula is C14H22O. The van der Waals surface area contributed by atoms with E-state index >= 15 is 0 Å². The third-order valence-electron chi connectivity index (χ3n) is 2.87. The zero-order valence-electron chi connectivity index (χ0n) is 9.65. The first kappa shape index (κ1) is 12.3. The van der Waals surface area contributed by atoms with Crippen LogP contribution >= 0.6 is 0 Å². The molecule has 1 heteroatoms. The highest BCUT2D eigenvalue weighted by molar-refractivity contribution is 5.19. The van der Waals surface area contributed by atoms with Gasteiger partial charge in [-0.15, -0.1) is 0 Å². The first-order valence-electron chi connectivity index (χ1n) is 6.04. The molecule has 0 fully saturated rings. The largest absolute Gasteiger partial charge is 0.396 e. The van der Waals surface area contributed by atoms with Crippen LogP contribution in [-0.2, 0) is 0 Å². The maximum Gasteiger partial charge on any atom is 0.0431 e. The van der Waals surface area contributed by atoms with Crippen molar-refractivity contribution < 1.29 is 5.11 Å². The monoisotopic (exact) mass is 206 g/mol. The Labute approximate surface area is 93.1 Å². The molecule has 0 saturated heterocycles. The second-order valence-corrected chi connectivity index (χ2v) is 4.12. The van der Waals surface area contributed by atoms with Crippen LogP contribution in [0.25, 0.3) is 0 Å². The number of benzene rings is 1. The minimum Gasteiger partial charge on any atom is -0.396 e. The summed E-state index contributed by atoms with van der Waals surface area (Å²) in [4.78, 5) is 0. The van der Waals surface area contributed by atoms with E-state index < -0.39 is 0 Å². The maximum absolute atomic E-state index is 8.78. The molecule has 1 nitrogen and oxygen atoms in total. The minimum absolute atomic E-state index is 0.327. The molecule has 84 valence electrons. The van der Waals surface area contributed by atoms with Crippen molar-refractivity contribution >= 4 is 0 Å². The van der Waals surface area contributed by atoms with Gasteiger partial charge in [-0.2, -0.15) is 0 Å². The van der Waals surface area contributed by atoms with E-state index in [1.165, 1.54) is 24.8 Å². The fraction of sp³-hybridized carbons (Fsp3) is 0.571. The Morgan fingerprint density at radius 1 is 1.07 bits per heavy atom. The molecule has 0 amide bonds. The molecule has 1 aromatic rings. The summed E-state index contributed by atoms with van der Waals surface area (Å²) in [5, 5.41) is 8.78. The number of hydrogen-bond acceptors (Lipinski definition) is 1. The van der Waals surface area contributed by atoms with Crippen molar-refractivity contribution in [3.05, 3.63) is 35.9 Å². The van der Waals surface area contributed by atoms with Gasteiger partial charge in [-0.05, 0) is 30.7 Å². The van der Waals surface area contributed by atoms with Crippen LogP contribution in [0.4, 0.5) is 0 Å². The number of rotatable bonds is 7. The molecule has 0 aliphatic carbocycles. The average molecular weight is 206 g/mol. The van der Waals surface area contributed by atoms with Crippen molar-refractivity contribution in [3.63, 3.8) is 0 Å². The third kappa shape index (κ3) is 4.48. The van der Waals surface area contributed by atoms with E-state index in [-0.39, 0.29) is 0 Å². The molecule has 0 bridgehead atoms. The third-order valence-corrected chi connectivity index (χ3v) is 2.87. The van der Waals surface area contributed by atoms with E-state index in [0.29, 0.717) is 12.5 Å². The van der Waals surface area contributed by atoms with Crippen LogP contribution in [0.2, 0.25) is 0 Å². The lowest BCUT2D eigenvalue weighted by atomic mass is 9.90. The summed E-state index contributed by atoms with van der Waals surface area (Å²) in [5.74, 6) is 0.683. The fourth-order valence-corrected chi connectivity index (χ4v) is 2.05. The summed E-state index contributed by atoms with van der Waals surface area (Å²) in [7, 11) is 0. The van der Waals surface area contributed by atoms with Gasteiger partial charge < -0.3 is 5.11 Å². The summed E-state index contributed by atoms with van der Waals surface area (Å²) >= 11 is 0. The molecule has 0 aromatic heterocycles. The predicted octanol–water partition coefficient (Wildman–Crippen LogP) is 3.73. The molecule has 0 aliphatic heterocycles. The van der Waals surface area contributed by atoms with Gasteiger partial charge in [0.25, 0.3) is 0 Å². The predicted molar refractivity (Wildman–Crippen MR) is 65.0 cm³/mol. The molecule has 0 heterocycles. The van der Waals surface area contributed by atoms with Crippen LogP contribution in [0.1, 0.15) is 50.5 Å². The van der Waals surface area contributed by atoms with Crippen LogP contribution in [0.3, 0.4) is 0 Å². The zero-order chi connectivity index (χ0) is 10.9. The molecular weight excluding hydrogens is 184 g/mol. The Morgan fingerprint density at radius 3 is 2.40 bits per heavy atom. The highest BCUT2D eigenvalue weighted by Gasteiger charge is 2.09. The van der Waals surface area contributed by atoms with E-state index in [0.717, 1.165) is 12.8 Å². The maximum atomic E-state index is 8.78. The van der Waals surface area contributed by atoms with Crippen molar-refractivity contribution in [2.75, 3.05) is 6.61 Å². The number of aliphatic hydroxyl groups is 1. The summed E-state index contributed by atoms with van der Waals surface area (Å²) in [6.45, 7) is 2.57. The van der Waals surface area contributed by atoms with Gasteiger partial charge in [0.2, 0.25) is 0 Å². The SMILES string of the molecule is CCC[C@@H](CCCCO)c1ccccc1. The van der Waals surface area contributed by atoms with Crippen LogP contribution < -0.4 is 0 Å². The van der Waals surface area contributed by atoms with Crippen molar-refractivity contribution in [1.82, 2.24) is 0 Å². The van der Waals surface area contributed by atoms with Gasteiger partial charge in [0.1, 0.15) is 0 Å².